The van der Waals surface area contributed by atoms with Crippen molar-refractivity contribution >= 4 is 23.4 Å². The molecule has 0 saturated carbocycles. The zero-order valence-corrected chi connectivity index (χ0v) is 15.3. The number of hydrogen-bond acceptors (Lipinski definition) is 4. The van der Waals surface area contributed by atoms with Gasteiger partial charge in [0.1, 0.15) is 5.82 Å². The molecule has 2 aromatic heterocycles. The Kier molecular flexibility index (Phi) is 5.71. The van der Waals surface area contributed by atoms with Gasteiger partial charge in [-0.3, -0.25) is 9.98 Å². The van der Waals surface area contributed by atoms with Crippen molar-refractivity contribution in [3.63, 3.8) is 0 Å². The molecule has 3 heterocycles. The van der Waals surface area contributed by atoms with E-state index in [1.165, 1.54) is 0 Å². The van der Waals surface area contributed by atoms with Crippen LogP contribution < -0.4 is 15.5 Å². The van der Waals surface area contributed by atoms with Gasteiger partial charge in [0.25, 0.3) is 0 Å². The molecule has 1 unspecified atom stereocenters. The summed E-state index contributed by atoms with van der Waals surface area (Å²) < 4.78 is 0. The van der Waals surface area contributed by atoms with Gasteiger partial charge in [0.15, 0.2) is 5.96 Å². The molecule has 0 amide bonds. The van der Waals surface area contributed by atoms with Crippen molar-refractivity contribution in [2.75, 3.05) is 25.0 Å². The average Bonchev–Trinajstić information content (AvgIpc) is 3.07. The Hall–Kier alpha value is -2.34. The van der Waals surface area contributed by atoms with E-state index in [2.05, 4.69) is 30.5 Å². The highest BCUT2D eigenvalue weighted by molar-refractivity contribution is 6.32. The fraction of sp³-hybridized carbons (Fsp3) is 0.389. The topological polar surface area (TPSA) is 65.4 Å². The van der Waals surface area contributed by atoms with Crippen LogP contribution in [0.5, 0.6) is 0 Å². The minimum atomic E-state index is 0.301. The molecular weight excluding hydrogens is 336 g/mol. The van der Waals surface area contributed by atoms with Crippen LogP contribution >= 0.6 is 11.6 Å². The fourth-order valence-corrected chi connectivity index (χ4v) is 3.18. The smallest absolute Gasteiger partial charge is 0.191 e. The Morgan fingerprint density at radius 2 is 2.24 bits per heavy atom. The summed E-state index contributed by atoms with van der Waals surface area (Å²) >= 11 is 6.25. The highest BCUT2D eigenvalue weighted by atomic mass is 35.5. The summed E-state index contributed by atoms with van der Waals surface area (Å²) in [6.45, 7) is 4.40. The van der Waals surface area contributed by atoms with Crippen molar-refractivity contribution in [3.05, 3.63) is 52.9 Å². The number of aryl methyl sites for hydroxylation is 1. The lowest BCUT2D eigenvalue weighted by Gasteiger charge is -2.20. The molecule has 0 radical (unpaired) electrons. The van der Waals surface area contributed by atoms with Gasteiger partial charge in [-0.25, -0.2) is 4.98 Å². The Balaban J connectivity index is 1.54. The van der Waals surface area contributed by atoms with Crippen LogP contribution in [0.15, 0.2) is 41.5 Å². The van der Waals surface area contributed by atoms with Crippen LogP contribution in [-0.4, -0.2) is 42.1 Å². The molecule has 1 aliphatic heterocycles. The maximum Gasteiger partial charge on any atom is 0.191 e. The first-order chi connectivity index (χ1) is 12.2. The SMILES string of the molecule is CN=C(NCc1cccc(C)n1)NC1CCN(c2ncccc2Cl)C1. The van der Waals surface area contributed by atoms with E-state index in [1.807, 2.05) is 37.3 Å². The van der Waals surface area contributed by atoms with E-state index in [0.29, 0.717) is 17.6 Å². The Bertz CT molecular complexity index is 748. The van der Waals surface area contributed by atoms with Crippen molar-refractivity contribution in [2.45, 2.75) is 25.9 Å². The average molecular weight is 359 g/mol. The number of pyridine rings is 2. The zero-order valence-electron chi connectivity index (χ0n) is 14.5. The quantitative estimate of drug-likeness (QED) is 0.649. The van der Waals surface area contributed by atoms with Crippen LogP contribution in [0.1, 0.15) is 17.8 Å². The number of anilines is 1. The van der Waals surface area contributed by atoms with E-state index in [1.54, 1.807) is 13.2 Å². The Labute approximate surface area is 153 Å². The minimum absolute atomic E-state index is 0.301. The Morgan fingerprint density at radius 3 is 3.00 bits per heavy atom. The van der Waals surface area contributed by atoms with E-state index in [0.717, 1.165) is 42.7 Å². The predicted molar refractivity (Wildman–Crippen MR) is 102 cm³/mol. The van der Waals surface area contributed by atoms with Crippen LogP contribution in [0.4, 0.5) is 5.82 Å². The normalized spacial score (nSPS) is 17.6. The van der Waals surface area contributed by atoms with Crippen molar-refractivity contribution < 1.29 is 0 Å². The first kappa shape index (κ1) is 17.5. The number of hydrogen-bond donors (Lipinski definition) is 2. The first-order valence-corrected chi connectivity index (χ1v) is 8.78. The summed E-state index contributed by atoms with van der Waals surface area (Å²) in [7, 11) is 1.78. The predicted octanol–water partition coefficient (Wildman–Crippen LogP) is 2.38. The lowest BCUT2D eigenvalue weighted by atomic mass is 10.3. The first-order valence-electron chi connectivity index (χ1n) is 8.41. The third-order valence-corrected chi connectivity index (χ3v) is 4.47. The number of rotatable bonds is 4. The van der Waals surface area contributed by atoms with E-state index in [9.17, 15) is 0 Å². The lowest BCUT2D eigenvalue weighted by Crippen LogP contribution is -2.44. The van der Waals surface area contributed by atoms with Gasteiger partial charge in [0, 0.05) is 38.1 Å². The molecule has 0 aromatic carbocycles. The maximum absolute atomic E-state index is 6.25. The molecular formula is C18H23ClN6. The number of nitrogens with one attached hydrogen (secondary N) is 2. The van der Waals surface area contributed by atoms with Gasteiger partial charge >= 0.3 is 0 Å². The summed E-state index contributed by atoms with van der Waals surface area (Å²) in [5, 5.41) is 7.48. The third kappa shape index (κ3) is 4.60. The minimum Gasteiger partial charge on any atom is -0.353 e. The van der Waals surface area contributed by atoms with E-state index >= 15 is 0 Å². The van der Waals surface area contributed by atoms with Crippen molar-refractivity contribution in [1.29, 1.82) is 0 Å². The molecule has 6 nitrogen and oxygen atoms in total. The number of halogens is 1. The van der Waals surface area contributed by atoms with Crippen molar-refractivity contribution in [1.82, 2.24) is 20.6 Å². The monoisotopic (exact) mass is 358 g/mol. The van der Waals surface area contributed by atoms with Gasteiger partial charge in [-0.15, -0.1) is 0 Å². The van der Waals surface area contributed by atoms with Crippen LogP contribution in [0, 0.1) is 6.92 Å². The molecule has 0 spiro atoms. The molecule has 3 rings (SSSR count). The highest BCUT2D eigenvalue weighted by Gasteiger charge is 2.25. The molecule has 0 aliphatic carbocycles. The number of guanidine groups is 1. The zero-order chi connectivity index (χ0) is 17.6. The standard InChI is InChI=1S/C18H23ClN6/c1-13-5-3-6-14(23-13)11-22-18(20-2)24-15-8-10-25(12-15)17-16(19)7-4-9-21-17/h3-7,9,15H,8,10-12H2,1-2H3,(H2,20,22,24). The van der Waals surface area contributed by atoms with Gasteiger partial charge in [-0.1, -0.05) is 17.7 Å². The molecule has 1 aliphatic rings. The molecule has 2 N–H and O–H groups in total. The molecule has 2 aromatic rings. The maximum atomic E-state index is 6.25. The van der Waals surface area contributed by atoms with Crippen LogP contribution in [0.3, 0.4) is 0 Å². The van der Waals surface area contributed by atoms with Crippen LogP contribution in [-0.2, 0) is 6.54 Å². The number of nitrogens with zero attached hydrogens (tertiary/aromatic N) is 4. The summed E-state index contributed by atoms with van der Waals surface area (Å²) in [4.78, 5) is 15.4. The van der Waals surface area contributed by atoms with Gasteiger partial charge in [-0.05, 0) is 37.6 Å². The van der Waals surface area contributed by atoms with Gasteiger partial charge in [-0.2, -0.15) is 0 Å². The lowest BCUT2D eigenvalue weighted by molar-refractivity contribution is 0.646. The second-order valence-corrected chi connectivity index (χ2v) is 6.49. The van der Waals surface area contributed by atoms with Crippen LogP contribution in [0.2, 0.25) is 5.02 Å². The summed E-state index contributed by atoms with van der Waals surface area (Å²) in [5.74, 6) is 1.63. The molecule has 132 valence electrons. The highest BCUT2D eigenvalue weighted by Crippen LogP contribution is 2.25. The fourth-order valence-electron chi connectivity index (χ4n) is 2.94. The van der Waals surface area contributed by atoms with E-state index in [4.69, 9.17) is 11.6 Å². The summed E-state index contributed by atoms with van der Waals surface area (Å²) in [6.07, 6.45) is 2.79. The second-order valence-electron chi connectivity index (χ2n) is 6.08. The largest absolute Gasteiger partial charge is 0.353 e. The summed E-state index contributed by atoms with van der Waals surface area (Å²) in [5.41, 5.74) is 2.01. The van der Waals surface area contributed by atoms with Crippen LogP contribution in [0.25, 0.3) is 0 Å². The Morgan fingerprint density at radius 1 is 1.36 bits per heavy atom. The molecule has 1 saturated heterocycles. The van der Waals surface area contributed by atoms with Gasteiger partial charge in [0.2, 0.25) is 0 Å². The molecule has 1 atom stereocenters. The van der Waals surface area contributed by atoms with E-state index in [-0.39, 0.29) is 0 Å². The summed E-state index contributed by atoms with van der Waals surface area (Å²) in [6, 6.07) is 10.0. The second kappa shape index (κ2) is 8.16. The molecule has 0 bridgehead atoms. The van der Waals surface area contributed by atoms with Gasteiger partial charge in [0.05, 0.1) is 17.3 Å². The van der Waals surface area contributed by atoms with Crippen molar-refractivity contribution in [3.8, 4) is 0 Å². The molecule has 25 heavy (non-hydrogen) atoms. The molecule has 7 heteroatoms. The van der Waals surface area contributed by atoms with Crippen molar-refractivity contribution in [2.24, 2.45) is 4.99 Å². The van der Waals surface area contributed by atoms with E-state index < -0.39 is 0 Å². The van der Waals surface area contributed by atoms with Gasteiger partial charge < -0.3 is 15.5 Å². The molecule has 1 fully saturated rings. The third-order valence-electron chi connectivity index (χ3n) is 4.17. The number of aromatic nitrogens is 2. The number of aliphatic imine (C=N–C) groups is 1.